The van der Waals surface area contributed by atoms with E-state index in [1.54, 1.807) is 17.7 Å². The number of ketones is 1. The first-order valence-electron chi connectivity index (χ1n) is 19.1. The number of hydrogen-bond donors (Lipinski definition) is 2. The minimum atomic E-state index is -0.276. The van der Waals surface area contributed by atoms with Crippen molar-refractivity contribution in [1.29, 1.82) is 0 Å². The van der Waals surface area contributed by atoms with E-state index in [0.717, 1.165) is 88.4 Å². The number of hydrogen-bond acceptors (Lipinski definition) is 12. The molecule has 1 aliphatic carbocycles. The number of piperazine rings is 1. The summed E-state index contributed by atoms with van der Waals surface area (Å²) in [5, 5.41) is 6.39. The Morgan fingerprint density at radius 3 is 2.37 bits per heavy atom. The number of benzene rings is 1. The highest BCUT2D eigenvalue weighted by Crippen LogP contribution is 2.32. The molecule has 14 nitrogen and oxygen atoms in total. The van der Waals surface area contributed by atoms with Gasteiger partial charge in [0.25, 0.3) is 5.56 Å². The third kappa shape index (κ3) is 7.32. The molecule has 2 atom stereocenters. The van der Waals surface area contributed by atoms with Gasteiger partial charge in [0, 0.05) is 75.5 Å². The Morgan fingerprint density at radius 1 is 0.907 bits per heavy atom. The number of carbonyl (C=O) groups excluding carboxylic acids is 3. The molecular formula is C40H47N9O5. The van der Waals surface area contributed by atoms with Crippen molar-refractivity contribution in [2.24, 2.45) is 0 Å². The second kappa shape index (κ2) is 15.3. The molecule has 1 saturated carbocycles. The van der Waals surface area contributed by atoms with E-state index in [1.807, 2.05) is 24.4 Å². The molecule has 1 unspecified atom stereocenters. The Bertz CT molecular complexity index is 2110. The maximum atomic E-state index is 13.6. The van der Waals surface area contributed by atoms with Gasteiger partial charge in [0.05, 0.1) is 36.1 Å². The number of piperidine rings is 1. The lowest BCUT2D eigenvalue weighted by molar-refractivity contribution is -0.134. The van der Waals surface area contributed by atoms with Gasteiger partial charge in [-0.15, -0.1) is 0 Å². The molecule has 1 aromatic carbocycles. The van der Waals surface area contributed by atoms with Crippen molar-refractivity contribution in [2.45, 2.75) is 70.4 Å². The zero-order valence-electron chi connectivity index (χ0n) is 30.9. The summed E-state index contributed by atoms with van der Waals surface area (Å²) in [5.41, 5.74) is 4.23. The molecule has 6 heterocycles. The Balaban J connectivity index is 0.860. The summed E-state index contributed by atoms with van der Waals surface area (Å²) in [6.07, 6.45) is 8.45. The highest BCUT2D eigenvalue weighted by molar-refractivity contribution is 6.01. The van der Waals surface area contributed by atoms with Gasteiger partial charge in [-0.3, -0.25) is 34.0 Å². The fourth-order valence-electron chi connectivity index (χ4n) is 8.54. The van der Waals surface area contributed by atoms with E-state index in [2.05, 4.69) is 53.5 Å². The molecule has 14 heteroatoms. The van der Waals surface area contributed by atoms with E-state index in [9.17, 15) is 19.2 Å². The zero-order valence-corrected chi connectivity index (χ0v) is 30.9. The number of Topliss-reactive ketones (excluding diaryl/α,β-unsaturated/α-hetero) is 1. The van der Waals surface area contributed by atoms with Crippen LogP contribution in [0.25, 0.3) is 11.0 Å². The molecule has 4 fully saturated rings. The van der Waals surface area contributed by atoms with Crippen LogP contribution in [0.3, 0.4) is 0 Å². The second-order valence-corrected chi connectivity index (χ2v) is 14.9. The smallest absolute Gasteiger partial charge is 0.263 e. The molecule has 0 bridgehead atoms. The molecule has 54 heavy (non-hydrogen) atoms. The van der Waals surface area contributed by atoms with Gasteiger partial charge < -0.3 is 19.9 Å². The third-order valence-corrected chi connectivity index (χ3v) is 11.5. The number of aryl methyl sites for hydroxylation is 1. The van der Waals surface area contributed by atoms with E-state index in [0.29, 0.717) is 47.8 Å². The summed E-state index contributed by atoms with van der Waals surface area (Å²) in [7, 11) is 0. The van der Waals surface area contributed by atoms with Crippen molar-refractivity contribution < 1.29 is 19.1 Å². The molecule has 3 saturated heterocycles. The van der Waals surface area contributed by atoms with E-state index in [4.69, 9.17) is 9.72 Å². The van der Waals surface area contributed by atoms with Gasteiger partial charge >= 0.3 is 0 Å². The molecule has 4 aliphatic rings. The number of imide groups is 1. The number of aromatic nitrogens is 4. The first-order valence-corrected chi connectivity index (χ1v) is 19.1. The van der Waals surface area contributed by atoms with Crippen molar-refractivity contribution in [3.05, 3.63) is 75.8 Å². The number of pyridine rings is 2. The average molecular weight is 734 g/mol. The monoisotopic (exact) mass is 733 g/mol. The van der Waals surface area contributed by atoms with Gasteiger partial charge in [0.1, 0.15) is 11.5 Å². The predicted molar refractivity (Wildman–Crippen MR) is 206 cm³/mol. The fourth-order valence-corrected chi connectivity index (χ4v) is 8.54. The van der Waals surface area contributed by atoms with Crippen molar-refractivity contribution in [1.82, 2.24) is 29.7 Å². The number of rotatable bonds is 9. The van der Waals surface area contributed by atoms with Gasteiger partial charge in [-0.25, -0.2) is 9.97 Å². The standard InChI is InChI=1S/C40H47N9O5/c1-25-33-22-42-40(45-37(33)49(29-5-3-4-6-29)39(53)36(25)26(2)50)43-34-13-11-30(21-41-34)47-17-15-46(16-18-47)23-31-24-48(19-20-54-31)28-9-7-27(8-10-28)32-12-14-35(51)44-38(32)52/h7-11,13,21-22,29,31-32H,3-6,12,14-20,23-24H2,1-2H3,(H,44,51,52)(H,41,42,43,45)/t31-,32?/m0/s1. The highest BCUT2D eigenvalue weighted by atomic mass is 16.5. The first-order chi connectivity index (χ1) is 26.2. The van der Waals surface area contributed by atoms with Crippen LogP contribution in [0, 0.1) is 6.92 Å². The van der Waals surface area contributed by atoms with Crippen LogP contribution in [-0.2, 0) is 14.3 Å². The lowest BCUT2D eigenvalue weighted by atomic mass is 9.90. The lowest BCUT2D eigenvalue weighted by Crippen LogP contribution is -2.52. The van der Waals surface area contributed by atoms with Gasteiger partial charge in [-0.2, -0.15) is 4.98 Å². The van der Waals surface area contributed by atoms with Crippen molar-refractivity contribution >= 4 is 51.8 Å². The van der Waals surface area contributed by atoms with Crippen LogP contribution in [0.5, 0.6) is 0 Å². The number of amides is 2. The number of nitrogens with zero attached hydrogens (tertiary/aromatic N) is 7. The van der Waals surface area contributed by atoms with E-state index < -0.39 is 0 Å². The summed E-state index contributed by atoms with van der Waals surface area (Å²) in [6, 6.07) is 12.2. The summed E-state index contributed by atoms with van der Waals surface area (Å²) in [5.74, 6) is 0.0371. The Kier molecular flexibility index (Phi) is 10.1. The SMILES string of the molecule is CC(=O)c1c(C)c2cnc(Nc3ccc(N4CCN(C[C@H]5CN(c6ccc(C7CCC(=O)NC7=O)cc6)CCO5)CC4)cn3)nc2n(C2CCCC2)c1=O. The highest BCUT2D eigenvalue weighted by Gasteiger charge is 2.30. The maximum Gasteiger partial charge on any atom is 0.263 e. The van der Waals surface area contributed by atoms with E-state index in [1.165, 1.54) is 6.92 Å². The molecule has 0 radical (unpaired) electrons. The van der Waals surface area contributed by atoms with Gasteiger partial charge in [0.2, 0.25) is 17.8 Å². The number of fused-ring (bicyclic) bond motifs is 1. The molecule has 8 rings (SSSR count). The summed E-state index contributed by atoms with van der Waals surface area (Å²) in [6.45, 7) is 9.96. The van der Waals surface area contributed by atoms with Crippen LogP contribution in [0.2, 0.25) is 0 Å². The minimum Gasteiger partial charge on any atom is -0.373 e. The molecular weight excluding hydrogens is 686 g/mol. The second-order valence-electron chi connectivity index (χ2n) is 14.9. The number of nitrogens with one attached hydrogen (secondary N) is 2. The maximum absolute atomic E-state index is 13.6. The Hall–Kier alpha value is -5.21. The van der Waals surface area contributed by atoms with E-state index in [-0.39, 0.29) is 46.8 Å². The van der Waals surface area contributed by atoms with Crippen LogP contribution < -0.4 is 26.0 Å². The average Bonchev–Trinajstić information content (AvgIpc) is 3.70. The summed E-state index contributed by atoms with van der Waals surface area (Å²) in [4.78, 5) is 71.0. The summed E-state index contributed by atoms with van der Waals surface area (Å²) < 4.78 is 7.91. The molecule has 3 aliphatic heterocycles. The quantitative estimate of drug-likeness (QED) is 0.188. The number of carbonyl (C=O) groups is 3. The van der Waals surface area contributed by atoms with Crippen molar-refractivity contribution in [3.63, 3.8) is 0 Å². The Labute approximate surface area is 313 Å². The molecule has 3 aromatic heterocycles. The van der Waals surface area contributed by atoms with Crippen LogP contribution in [-0.4, -0.2) is 101 Å². The van der Waals surface area contributed by atoms with Crippen LogP contribution in [0.4, 0.5) is 23.1 Å². The Morgan fingerprint density at radius 2 is 1.67 bits per heavy atom. The van der Waals surface area contributed by atoms with Crippen LogP contribution >= 0.6 is 0 Å². The van der Waals surface area contributed by atoms with Gasteiger partial charge in [0.15, 0.2) is 5.78 Å². The number of anilines is 4. The normalized spacial score (nSPS) is 21.4. The predicted octanol–water partition coefficient (Wildman–Crippen LogP) is 4.10. The zero-order chi connectivity index (χ0) is 37.3. The fraction of sp³-hybridized carbons (Fsp3) is 0.475. The molecule has 282 valence electrons. The van der Waals surface area contributed by atoms with Gasteiger partial charge in [-0.05, 0) is 68.5 Å². The topological polar surface area (TPSA) is 155 Å². The van der Waals surface area contributed by atoms with E-state index >= 15 is 0 Å². The molecule has 4 aromatic rings. The number of ether oxygens (including phenoxy) is 1. The first kappa shape index (κ1) is 35.8. The molecule has 0 spiro atoms. The van der Waals surface area contributed by atoms with Gasteiger partial charge in [-0.1, -0.05) is 25.0 Å². The van der Waals surface area contributed by atoms with Crippen LogP contribution in [0.15, 0.2) is 53.6 Å². The third-order valence-electron chi connectivity index (χ3n) is 11.5. The summed E-state index contributed by atoms with van der Waals surface area (Å²) >= 11 is 0. The minimum absolute atomic E-state index is 0.0160. The van der Waals surface area contributed by atoms with Crippen LogP contribution in [0.1, 0.15) is 78.9 Å². The lowest BCUT2D eigenvalue weighted by Gasteiger charge is -2.40. The number of morpholine rings is 1. The van der Waals surface area contributed by atoms with Crippen molar-refractivity contribution in [2.75, 3.05) is 67.5 Å². The van der Waals surface area contributed by atoms with Crippen molar-refractivity contribution in [3.8, 4) is 0 Å². The molecule has 2 amide bonds. The molecule has 2 N–H and O–H groups in total. The largest absolute Gasteiger partial charge is 0.373 e.